The number of anilines is 2. The Balaban J connectivity index is 2.57. The van der Waals surface area contributed by atoms with Crippen molar-refractivity contribution in [2.75, 3.05) is 17.6 Å². The molecular formula is C11H16ClFN2O. The number of aliphatic hydroxyl groups excluding tert-OH is 1. The molecule has 0 aromatic heterocycles. The fourth-order valence-electron chi connectivity index (χ4n) is 1.29. The molecule has 1 rings (SSSR count). The monoisotopic (exact) mass is 246 g/mol. The number of rotatable bonds is 5. The summed E-state index contributed by atoms with van der Waals surface area (Å²) in [5.74, 6) is -0.529. The molecule has 0 aliphatic rings. The fraction of sp³-hybridized carbons (Fsp3) is 0.455. The van der Waals surface area contributed by atoms with E-state index in [0.29, 0.717) is 30.8 Å². The van der Waals surface area contributed by atoms with E-state index in [1.165, 1.54) is 12.1 Å². The fourth-order valence-corrected chi connectivity index (χ4v) is 1.46. The highest BCUT2D eigenvalue weighted by Gasteiger charge is 2.06. The average Bonchev–Trinajstić information content (AvgIpc) is 2.25. The van der Waals surface area contributed by atoms with Crippen LogP contribution in [0.15, 0.2) is 12.1 Å². The summed E-state index contributed by atoms with van der Waals surface area (Å²) in [5, 5.41) is 12.4. The molecule has 5 heteroatoms. The van der Waals surface area contributed by atoms with Gasteiger partial charge in [-0.25, -0.2) is 4.39 Å². The van der Waals surface area contributed by atoms with Gasteiger partial charge in [0.05, 0.1) is 22.5 Å². The topological polar surface area (TPSA) is 58.3 Å². The van der Waals surface area contributed by atoms with Crippen molar-refractivity contribution < 1.29 is 9.50 Å². The van der Waals surface area contributed by atoms with Gasteiger partial charge < -0.3 is 16.2 Å². The molecule has 1 aromatic carbocycles. The Morgan fingerprint density at radius 3 is 2.88 bits per heavy atom. The van der Waals surface area contributed by atoms with Gasteiger partial charge in [-0.15, -0.1) is 0 Å². The molecule has 3 nitrogen and oxygen atoms in total. The summed E-state index contributed by atoms with van der Waals surface area (Å²) in [4.78, 5) is 0. The van der Waals surface area contributed by atoms with Gasteiger partial charge in [-0.1, -0.05) is 18.5 Å². The number of benzene rings is 1. The van der Waals surface area contributed by atoms with Gasteiger partial charge in [0, 0.05) is 12.6 Å². The zero-order valence-electron chi connectivity index (χ0n) is 9.13. The lowest BCUT2D eigenvalue weighted by atomic mass is 10.2. The second-order valence-electron chi connectivity index (χ2n) is 3.63. The van der Waals surface area contributed by atoms with E-state index >= 15 is 0 Å². The second-order valence-corrected chi connectivity index (χ2v) is 4.04. The minimum atomic E-state index is -0.529. The highest BCUT2D eigenvalue weighted by Crippen LogP contribution is 2.26. The van der Waals surface area contributed by atoms with Gasteiger partial charge in [0.15, 0.2) is 0 Å². The molecule has 16 heavy (non-hydrogen) atoms. The highest BCUT2D eigenvalue weighted by atomic mass is 35.5. The molecule has 0 amide bonds. The Labute approximate surface area is 99.4 Å². The summed E-state index contributed by atoms with van der Waals surface area (Å²) in [7, 11) is 0. The van der Waals surface area contributed by atoms with Crippen LogP contribution >= 0.6 is 11.6 Å². The summed E-state index contributed by atoms with van der Waals surface area (Å²) in [6.45, 7) is 2.48. The predicted octanol–water partition coefficient (Wildman–Crippen LogP) is 2.63. The smallest absolute Gasteiger partial charge is 0.143 e. The van der Waals surface area contributed by atoms with Crippen molar-refractivity contribution in [3.8, 4) is 0 Å². The third-order valence-corrected chi connectivity index (χ3v) is 2.65. The molecular weight excluding hydrogens is 231 g/mol. The number of aliphatic hydroxyl groups is 1. The summed E-state index contributed by atoms with van der Waals surface area (Å²) >= 11 is 5.63. The van der Waals surface area contributed by atoms with Gasteiger partial charge in [0.2, 0.25) is 0 Å². The van der Waals surface area contributed by atoms with Gasteiger partial charge in [0.25, 0.3) is 0 Å². The van der Waals surface area contributed by atoms with Crippen molar-refractivity contribution in [1.29, 1.82) is 0 Å². The Hall–Kier alpha value is -1.00. The van der Waals surface area contributed by atoms with Crippen molar-refractivity contribution >= 4 is 23.0 Å². The van der Waals surface area contributed by atoms with Crippen LogP contribution in [0.5, 0.6) is 0 Å². The van der Waals surface area contributed by atoms with E-state index in [9.17, 15) is 9.50 Å². The summed E-state index contributed by atoms with van der Waals surface area (Å²) in [6, 6.07) is 2.63. The van der Waals surface area contributed by atoms with E-state index in [1.807, 2.05) is 6.92 Å². The van der Waals surface area contributed by atoms with E-state index in [4.69, 9.17) is 17.3 Å². The summed E-state index contributed by atoms with van der Waals surface area (Å²) < 4.78 is 13.0. The van der Waals surface area contributed by atoms with Crippen LogP contribution in [0.4, 0.5) is 15.8 Å². The van der Waals surface area contributed by atoms with Crippen LogP contribution in [0, 0.1) is 5.82 Å². The third kappa shape index (κ3) is 3.54. The molecule has 0 radical (unpaired) electrons. The number of nitrogen functional groups attached to an aromatic ring is 1. The third-order valence-electron chi connectivity index (χ3n) is 2.36. The van der Waals surface area contributed by atoms with Gasteiger partial charge in [-0.2, -0.15) is 0 Å². The first-order valence-corrected chi connectivity index (χ1v) is 5.58. The second kappa shape index (κ2) is 5.92. The summed E-state index contributed by atoms with van der Waals surface area (Å²) in [6.07, 6.45) is 0.997. The van der Waals surface area contributed by atoms with Crippen molar-refractivity contribution in [1.82, 2.24) is 0 Å². The Bertz CT molecular complexity index is 360. The lowest BCUT2D eigenvalue weighted by molar-refractivity contribution is 0.164. The number of halogens is 2. The molecule has 1 atom stereocenters. The molecule has 0 aliphatic heterocycles. The minimum absolute atomic E-state index is 0.0349. The normalized spacial score (nSPS) is 12.5. The number of nitrogens with two attached hydrogens (primary N) is 1. The van der Waals surface area contributed by atoms with Crippen molar-refractivity contribution in [3.63, 3.8) is 0 Å². The lowest BCUT2D eigenvalue weighted by Crippen LogP contribution is -2.13. The van der Waals surface area contributed by atoms with Gasteiger partial charge in [0.1, 0.15) is 5.82 Å². The van der Waals surface area contributed by atoms with E-state index in [-0.39, 0.29) is 11.1 Å². The molecule has 0 heterocycles. The molecule has 4 N–H and O–H groups in total. The van der Waals surface area contributed by atoms with E-state index in [2.05, 4.69) is 5.32 Å². The maximum atomic E-state index is 13.0. The first-order valence-electron chi connectivity index (χ1n) is 5.21. The van der Waals surface area contributed by atoms with Gasteiger partial charge in [-0.3, -0.25) is 0 Å². The largest absolute Gasteiger partial charge is 0.397 e. The van der Waals surface area contributed by atoms with E-state index in [0.717, 1.165) is 0 Å². The zero-order valence-corrected chi connectivity index (χ0v) is 9.89. The van der Waals surface area contributed by atoms with Crippen LogP contribution in [-0.2, 0) is 0 Å². The standard InChI is InChI=1S/C11H16ClFN2O/c1-2-7(16)3-4-15-11-5-8(12)9(13)6-10(11)14/h5-7,15-16H,2-4,14H2,1H3. The van der Waals surface area contributed by atoms with Crippen LogP contribution in [0.1, 0.15) is 19.8 Å². The van der Waals surface area contributed by atoms with Crippen LogP contribution in [-0.4, -0.2) is 17.8 Å². The Kier molecular flexibility index (Phi) is 4.83. The highest BCUT2D eigenvalue weighted by molar-refractivity contribution is 6.31. The van der Waals surface area contributed by atoms with Crippen LogP contribution in [0.25, 0.3) is 0 Å². The minimum Gasteiger partial charge on any atom is -0.397 e. The molecule has 1 unspecified atom stereocenters. The first kappa shape index (κ1) is 13.1. The number of hydrogen-bond acceptors (Lipinski definition) is 3. The van der Waals surface area contributed by atoms with Crippen LogP contribution < -0.4 is 11.1 Å². The first-order chi connectivity index (χ1) is 7.54. The van der Waals surface area contributed by atoms with Crippen LogP contribution in [0.3, 0.4) is 0 Å². The van der Waals surface area contributed by atoms with Crippen molar-refractivity contribution in [3.05, 3.63) is 23.0 Å². The van der Waals surface area contributed by atoms with Crippen molar-refractivity contribution in [2.45, 2.75) is 25.9 Å². The predicted molar refractivity (Wildman–Crippen MR) is 65.2 cm³/mol. The molecule has 0 fully saturated rings. The average molecular weight is 247 g/mol. The SMILES string of the molecule is CCC(O)CCNc1cc(Cl)c(F)cc1N. The quantitative estimate of drug-likeness (QED) is 0.700. The molecule has 0 bridgehead atoms. The Morgan fingerprint density at radius 2 is 2.25 bits per heavy atom. The van der Waals surface area contributed by atoms with Crippen LogP contribution in [0.2, 0.25) is 5.02 Å². The van der Waals surface area contributed by atoms with Gasteiger partial charge in [-0.05, 0) is 18.9 Å². The maximum Gasteiger partial charge on any atom is 0.143 e. The maximum absolute atomic E-state index is 13.0. The molecule has 0 saturated carbocycles. The van der Waals surface area contributed by atoms with Gasteiger partial charge >= 0.3 is 0 Å². The lowest BCUT2D eigenvalue weighted by Gasteiger charge is -2.12. The Morgan fingerprint density at radius 1 is 1.56 bits per heavy atom. The molecule has 0 aliphatic carbocycles. The zero-order chi connectivity index (χ0) is 12.1. The molecule has 1 aromatic rings. The van der Waals surface area contributed by atoms with Crippen molar-refractivity contribution in [2.24, 2.45) is 0 Å². The molecule has 90 valence electrons. The van der Waals surface area contributed by atoms with E-state index < -0.39 is 5.82 Å². The van der Waals surface area contributed by atoms with E-state index in [1.54, 1.807) is 0 Å². The number of nitrogens with one attached hydrogen (secondary N) is 1. The summed E-state index contributed by atoms with van der Waals surface area (Å²) in [5.41, 5.74) is 6.52. The molecule has 0 saturated heterocycles. The number of hydrogen-bond donors (Lipinski definition) is 3. The molecule has 0 spiro atoms.